The van der Waals surface area contributed by atoms with Crippen molar-refractivity contribution >= 4 is 15.9 Å². The molecule has 0 aromatic heterocycles. The molecule has 0 fully saturated rings. The minimum absolute atomic E-state index is 0.437. The highest BCUT2D eigenvalue weighted by Crippen LogP contribution is 2.30. The van der Waals surface area contributed by atoms with E-state index in [1.807, 2.05) is 6.07 Å². The summed E-state index contributed by atoms with van der Waals surface area (Å²) in [4.78, 5) is 0. The predicted octanol–water partition coefficient (Wildman–Crippen LogP) is 5.08. The highest BCUT2D eigenvalue weighted by Gasteiger charge is 2.14. The van der Waals surface area contributed by atoms with Gasteiger partial charge in [-0.2, -0.15) is 0 Å². The zero-order chi connectivity index (χ0) is 14.1. The Hall–Kier alpha value is -0.540. The van der Waals surface area contributed by atoms with E-state index in [4.69, 9.17) is 4.74 Å². The summed E-state index contributed by atoms with van der Waals surface area (Å²) >= 11 is 3.67. The molecule has 19 heavy (non-hydrogen) atoms. The van der Waals surface area contributed by atoms with Gasteiger partial charge in [0.25, 0.3) is 0 Å². The Labute approximate surface area is 126 Å². The number of benzene rings is 1. The summed E-state index contributed by atoms with van der Waals surface area (Å²) in [6, 6.07) is 6.70. The number of nitrogens with one attached hydrogen (secondary N) is 1. The molecule has 1 unspecified atom stereocenters. The smallest absolute Gasteiger partial charge is 0.120 e. The lowest BCUT2D eigenvalue weighted by atomic mass is 10.00. The lowest BCUT2D eigenvalue weighted by Crippen LogP contribution is -2.22. The number of methoxy groups -OCH3 is 1. The van der Waals surface area contributed by atoms with Crippen LogP contribution in [0.15, 0.2) is 22.7 Å². The first-order chi connectivity index (χ1) is 9.22. The Morgan fingerprint density at radius 2 is 2.00 bits per heavy atom. The van der Waals surface area contributed by atoms with Crippen molar-refractivity contribution in [2.45, 2.75) is 52.0 Å². The number of halogens is 1. The summed E-state index contributed by atoms with van der Waals surface area (Å²) < 4.78 is 6.40. The van der Waals surface area contributed by atoms with Gasteiger partial charge in [0.05, 0.1) is 7.11 Å². The van der Waals surface area contributed by atoms with E-state index in [0.717, 1.165) is 23.2 Å². The Kier molecular flexibility index (Phi) is 8.15. The zero-order valence-electron chi connectivity index (χ0n) is 12.3. The lowest BCUT2D eigenvalue weighted by molar-refractivity contribution is 0.413. The summed E-state index contributed by atoms with van der Waals surface area (Å²) in [5, 5.41) is 3.65. The van der Waals surface area contributed by atoms with E-state index >= 15 is 0 Å². The second kappa shape index (κ2) is 9.38. The second-order valence-electron chi connectivity index (χ2n) is 4.89. The summed E-state index contributed by atoms with van der Waals surface area (Å²) in [7, 11) is 1.70. The molecule has 0 bridgehead atoms. The van der Waals surface area contributed by atoms with Crippen molar-refractivity contribution in [3.8, 4) is 5.75 Å². The summed E-state index contributed by atoms with van der Waals surface area (Å²) in [6.07, 6.45) is 6.20. The van der Waals surface area contributed by atoms with E-state index in [0.29, 0.717) is 6.04 Å². The summed E-state index contributed by atoms with van der Waals surface area (Å²) in [5.41, 5.74) is 1.34. The highest BCUT2D eigenvalue weighted by atomic mass is 79.9. The van der Waals surface area contributed by atoms with E-state index in [1.165, 1.54) is 31.2 Å². The monoisotopic (exact) mass is 327 g/mol. The maximum Gasteiger partial charge on any atom is 0.120 e. The molecule has 2 nitrogen and oxygen atoms in total. The van der Waals surface area contributed by atoms with E-state index in [9.17, 15) is 0 Å². The van der Waals surface area contributed by atoms with Gasteiger partial charge in [-0.25, -0.2) is 0 Å². The number of hydrogen-bond acceptors (Lipinski definition) is 2. The molecule has 1 atom stereocenters. The molecule has 1 aromatic carbocycles. The van der Waals surface area contributed by atoms with Gasteiger partial charge in [-0.3, -0.25) is 0 Å². The van der Waals surface area contributed by atoms with Gasteiger partial charge in [0, 0.05) is 10.5 Å². The first-order valence-electron chi connectivity index (χ1n) is 7.29. The van der Waals surface area contributed by atoms with Gasteiger partial charge in [0.15, 0.2) is 0 Å². The molecule has 1 rings (SSSR count). The van der Waals surface area contributed by atoms with Crippen LogP contribution in [0.1, 0.15) is 57.6 Å². The zero-order valence-corrected chi connectivity index (χ0v) is 13.9. The number of hydrogen-bond donors (Lipinski definition) is 1. The molecule has 108 valence electrons. The van der Waals surface area contributed by atoms with Gasteiger partial charge in [-0.1, -0.05) is 55.1 Å². The minimum atomic E-state index is 0.437. The van der Waals surface area contributed by atoms with Crippen LogP contribution in [0, 0.1) is 0 Å². The molecular weight excluding hydrogens is 302 g/mol. The molecule has 0 radical (unpaired) electrons. The van der Waals surface area contributed by atoms with Crippen LogP contribution in [0.2, 0.25) is 0 Å². The molecule has 0 saturated heterocycles. The van der Waals surface area contributed by atoms with Crippen LogP contribution < -0.4 is 10.1 Å². The Bertz CT molecular complexity index is 368. The third-order valence-corrected chi connectivity index (χ3v) is 4.01. The SMILES string of the molecule is CCCCCC(NCCC)c1ccc(OC)cc1Br. The van der Waals surface area contributed by atoms with Crippen LogP contribution in [0.25, 0.3) is 0 Å². The summed E-state index contributed by atoms with van der Waals surface area (Å²) in [6.45, 7) is 5.52. The molecule has 1 aromatic rings. The number of rotatable bonds is 9. The van der Waals surface area contributed by atoms with Crippen LogP contribution >= 0.6 is 15.9 Å². The van der Waals surface area contributed by atoms with Crippen LogP contribution in [0.3, 0.4) is 0 Å². The van der Waals surface area contributed by atoms with Crippen molar-refractivity contribution in [2.75, 3.05) is 13.7 Å². The van der Waals surface area contributed by atoms with Crippen LogP contribution in [0.4, 0.5) is 0 Å². The Morgan fingerprint density at radius 3 is 2.58 bits per heavy atom. The first kappa shape index (κ1) is 16.5. The second-order valence-corrected chi connectivity index (χ2v) is 5.74. The van der Waals surface area contributed by atoms with Crippen molar-refractivity contribution in [1.29, 1.82) is 0 Å². The quantitative estimate of drug-likeness (QED) is 0.638. The molecule has 0 aliphatic heterocycles. The normalized spacial score (nSPS) is 12.4. The first-order valence-corrected chi connectivity index (χ1v) is 8.09. The van der Waals surface area contributed by atoms with E-state index < -0.39 is 0 Å². The minimum Gasteiger partial charge on any atom is -0.497 e. The van der Waals surface area contributed by atoms with Crippen molar-refractivity contribution in [2.24, 2.45) is 0 Å². The molecule has 3 heteroatoms. The maximum absolute atomic E-state index is 5.26. The average Bonchev–Trinajstić information content (AvgIpc) is 2.43. The maximum atomic E-state index is 5.26. The van der Waals surface area contributed by atoms with Gasteiger partial charge in [-0.15, -0.1) is 0 Å². The largest absolute Gasteiger partial charge is 0.497 e. The topological polar surface area (TPSA) is 21.3 Å². The standard InChI is InChI=1S/C16H26BrNO/c1-4-6-7-8-16(18-11-5-2)14-10-9-13(19-3)12-15(14)17/h9-10,12,16,18H,4-8,11H2,1-3H3. The molecule has 0 saturated carbocycles. The molecule has 0 aliphatic carbocycles. The van der Waals surface area contributed by atoms with Crippen LogP contribution in [-0.4, -0.2) is 13.7 Å². The van der Waals surface area contributed by atoms with Crippen molar-refractivity contribution in [3.05, 3.63) is 28.2 Å². The van der Waals surface area contributed by atoms with Crippen LogP contribution in [0.5, 0.6) is 5.75 Å². The van der Waals surface area contributed by atoms with Crippen molar-refractivity contribution in [1.82, 2.24) is 5.32 Å². The van der Waals surface area contributed by atoms with E-state index in [2.05, 4.69) is 47.2 Å². The fourth-order valence-corrected chi connectivity index (χ4v) is 2.84. The van der Waals surface area contributed by atoms with Crippen LogP contribution in [-0.2, 0) is 0 Å². The molecule has 0 aliphatic rings. The highest BCUT2D eigenvalue weighted by molar-refractivity contribution is 9.10. The Balaban J connectivity index is 2.77. The molecule has 0 heterocycles. The Morgan fingerprint density at radius 1 is 1.21 bits per heavy atom. The summed E-state index contributed by atoms with van der Waals surface area (Å²) in [5.74, 6) is 0.901. The molecule has 1 N–H and O–H groups in total. The number of ether oxygens (including phenoxy) is 1. The van der Waals surface area contributed by atoms with Crippen molar-refractivity contribution < 1.29 is 4.74 Å². The van der Waals surface area contributed by atoms with Gasteiger partial charge in [-0.05, 0) is 37.1 Å². The third kappa shape index (κ3) is 5.53. The predicted molar refractivity (Wildman–Crippen MR) is 85.9 cm³/mol. The number of unbranched alkanes of at least 4 members (excludes halogenated alkanes) is 2. The molecule has 0 amide bonds. The molecule has 0 spiro atoms. The van der Waals surface area contributed by atoms with Gasteiger partial charge in [0.1, 0.15) is 5.75 Å². The van der Waals surface area contributed by atoms with Gasteiger partial charge < -0.3 is 10.1 Å². The van der Waals surface area contributed by atoms with E-state index in [1.54, 1.807) is 7.11 Å². The average molecular weight is 328 g/mol. The third-order valence-electron chi connectivity index (χ3n) is 3.32. The fraction of sp³-hybridized carbons (Fsp3) is 0.625. The lowest BCUT2D eigenvalue weighted by Gasteiger charge is -2.20. The van der Waals surface area contributed by atoms with Crippen molar-refractivity contribution in [3.63, 3.8) is 0 Å². The van der Waals surface area contributed by atoms with Gasteiger partial charge >= 0.3 is 0 Å². The fourth-order valence-electron chi connectivity index (χ4n) is 2.20. The van der Waals surface area contributed by atoms with E-state index in [-0.39, 0.29) is 0 Å². The molecular formula is C16H26BrNO. The van der Waals surface area contributed by atoms with Gasteiger partial charge in [0.2, 0.25) is 0 Å².